The molecule has 3 rings (SSSR count). The van der Waals surface area contributed by atoms with Crippen molar-refractivity contribution in [2.45, 2.75) is 29.8 Å². The molecule has 2 aliphatic heterocycles. The normalized spacial score (nSPS) is 23.0. The molecule has 8 heteroatoms. The summed E-state index contributed by atoms with van der Waals surface area (Å²) in [5.41, 5.74) is -0.523. The minimum absolute atomic E-state index is 0.0309. The first-order valence-corrected chi connectivity index (χ1v) is 10.8. The Hall–Kier alpha value is -1.67. The number of piperidine rings is 1. The zero-order valence-corrected chi connectivity index (χ0v) is 15.7. The van der Waals surface area contributed by atoms with E-state index in [2.05, 4.69) is 5.32 Å². The first kappa shape index (κ1) is 19.1. The van der Waals surface area contributed by atoms with E-state index in [-0.39, 0.29) is 23.3 Å². The number of benzene rings is 1. The molecule has 1 aromatic carbocycles. The van der Waals surface area contributed by atoms with Crippen LogP contribution in [0, 0.1) is 5.92 Å². The summed E-state index contributed by atoms with van der Waals surface area (Å²) < 4.78 is 43.2. The summed E-state index contributed by atoms with van der Waals surface area (Å²) in [6, 6.07) is 6.66. The molecule has 2 saturated heterocycles. The minimum atomic E-state index is -3.22. The topological polar surface area (TPSA) is 75.7 Å². The standard InChI is InChI=1S/C18H25FN2O4S/c1-26(23,24)16-4-2-15(3-5-16)21-9-7-18(19,8-10-21)13-20-17(22)14-6-11-25-12-14/h2-5,14H,6-13H2,1H3,(H,20,22). The smallest absolute Gasteiger partial charge is 0.225 e. The van der Waals surface area contributed by atoms with Crippen molar-refractivity contribution in [3.63, 3.8) is 0 Å². The lowest BCUT2D eigenvalue weighted by Gasteiger charge is -2.37. The van der Waals surface area contributed by atoms with Crippen LogP contribution in [-0.2, 0) is 19.4 Å². The van der Waals surface area contributed by atoms with Gasteiger partial charge in [-0.2, -0.15) is 0 Å². The van der Waals surface area contributed by atoms with Crippen LogP contribution in [0.3, 0.4) is 0 Å². The van der Waals surface area contributed by atoms with Gasteiger partial charge in [0.1, 0.15) is 5.67 Å². The van der Waals surface area contributed by atoms with Crippen molar-refractivity contribution in [2.24, 2.45) is 5.92 Å². The Morgan fingerprint density at radius 3 is 2.50 bits per heavy atom. The maximum Gasteiger partial charge on any atom is 0.225 e. The number of carbonyl (C=O) groups is 1. The number of halogens is 1. The fraction of sp³-hybridized carbons (Fsp3) is 0.611. The van der Waals surface area contributed by atoms with Crippen LogP contribution >= 0.6 is 0 Å². The predicted molar refractivity (Wildman–Crippen MR) is 96.8 cm³/mol. The number of alkyl halides is 1. The van der Waals surface area contributed by atoms with E-state index in [0.29, 0.717) is 45.6 Å². The third kappa shape index (κ3) is 4.54. The van der Waals surface area contributed by atoms with Crippen molar-refractivity contribution in [2.75, 3.05) is 44.0 Å². The van der Waals surface area contributed by atoms with E-state index >= 15 is 0 Å². The van der Waals surface area contributed by atoms with Crippen molar-refractivity contribution >= 4 is 21.4 Å². The van der Waals surface area contributed by atoms with Gasteiger partial charge in [0.05, 0.1) is 24.0 Å². The first-order chi connectivity index (χ1) is 12.3. The number of hydrogen-bond acceptors (Lipinski definition) is 5. The number of ether oxygens (including phenoxy) is 1. The average Bonchev–Trinajstić information content (AvgIpc) is 3.15. The van der Waals surface area contributed by atoms with E-state index in [9.17, 15) is 17.6 Å². The molecule has 2 heterocycles. The summed E-state index contributed by atoms with van der Waals surface area (Å²) in [7, 11) is -3.22. The van der Waals surface area contributed by atoms with E-state index in [0.717, 1.165) is 5.69 Å². The highest BCUT2D eigenvalue weighted by Crippen LogP contribution is 2.29. The minimum Gasteiger partial charge on any atom is -0.381 e. The maximum absolute atomic E-state index is 15.0. The highest BCUT2D eigenvalue weighted by atomic mass is 32.2. The fourth-order valence-electron chi connectivity index (χ4n) is 3.38. The lowest BCUT2D eigenvalue weighted by Crippen LogP contribution is -2.49. The van der Waals surface area contributed by atoms with Gasteiger partial charge in [-0.05, 0) is 30.7 Å². The Labute approximate surface area is 153 Å². The van der Waals surface area contributed by atoms with Crippen LogP contribution in [0.1, 0.15) is 19.3 Å². The summed E-state index contributed by atoms with van der Waals surface area (Å²) in [6.45, 7) is 2.09. The molecule has 1 unspecified atom stereocenters. The van der Waals surface area contributed by atoms with E-state index in [1.807, 2.05) is 4.90 Å². The summed E-state index contributed by atoms with van der Waals surface area (Å²) >= 11 is 0. The number of nitrogens with one attached hydrogen (secondary N) is 1. The van der Waals surface area contributed by atoms with Gasteiger partial charge in [-0.1, -0.05) is 0 Å². The molecule has 0 bridgehead atoms. The molecule has 1 atom stereocenters. The van der Waals surface area contributed by atoms with Crippen LogP contribution in [0.4, 0.5) is 10.1 Å². The lowest BCUT2D eigenvalue weighted by molar-refractivity contribution is -0.125. The molecule has 0 saturated carbocycles. The second-order valence-corrected chi connectivity index (χ2v) is 9.20. The van der Waals surface area contributed by atoms with Gasteiger partial charge in [0.25, 0.3) is 0 Å². The summed E-state index contributed by atoms with van der Waals surface area (Å²) in [4.78, 5) is 14.3. The van der Waals surface area contributed by atoms with Gasteiger partial charge in [0.15, 0.2) is 9.84 Å². The van der Waals surface area contributed by atoms with Crippen molar-refractivity contribution in [1.29, 1.82) is 0 Å². The van der Waals surface area contributed by atoms with Gasteiger partial charge in [0.2, 0.25) is 5.91 Å². The quantitative estimate of drug-likeness (QED) is 0.834. The molecule has 1 N–H and O–H groups in total. The van der Waals surface area contributed by atoms with Gasteiger partial charge in [-0.3, -0.25) is 4.79 Å². The molecule has 6 nitrogen and oxygen atoms in total. The molecule has 2 fully saturated rings. The molecule has 0 aromatic heterocycles. The molecule has 1 amide bonds. The number of carbonyl (C=O) groups excluding carboxylic acids is 1. The van der Waals surface area contributed by atoms with Crippen LogP contribution in [0.5, 0.6) is 0 Å². The molecule has 0 spiro atoms. The Balaban J connectivity index is 1.52. The molecule has 0 aliphatic carbocycles. The van der Waals surface area contributed by atoms with Crippen molar-refractivity contribution in [3.8, 4) is 0 Å². The lowest BCUT2D eigenvalue weighted by atomic mass is 9.92. The van der Waals surface area contributed by atoms with Crippen LogP contribution in [0.15, 0.2) is 29.2 Å². The Morgan fingerprint density at radius 1 is 1.31 bits per heavy atom. The summed E-state index contributed by atoms with van der Waals surface area (Å²) in [6.07, 6.45) is 2.51. The van der Waals surface area contributed by atoms with Gasteiger partial charge >= 0.3 is 0 Å². The third-order valence-electron chi connectivity index (χ3n) is 5.17. The average molecular weight is 384 g/mol. The molecule has 2 aliphatic rings. The largest absolute Gasteiger partial charge is 0.381 e. The number of anilines is 1. The monoisotopic (exact) mass is 384 g/mol. The van der Waals surface area contributed by atoms with Crippen molar-refractivity contribution in [1.82, 2.24) is 5.32 Å². The second kappa shape index (κ2) is 7.52. The van der Waals surface area contributed by atoms with Crippen LogP contribution in [-0.4, -0.2) is 59.1 Å². The zero-order valence-electron chi connectivity index (χ0n) is 14.9. The van der Waals surface area contributed by atoms with Crippen LogP contribution in [0.25, 0.3) is 0 Å². The molecule has 26 heavy (non-hydrogen) atoms. The molecular formula is C18H25FN2O4S. The number of nitrogens with zero attached hydrogens (tertiary/aromatic N) is 1. The zero-order chi connectivity index (χ0) is 18.8. The van der Waals surface area contributed by atoms with Gasteiger partial charge in [-0.25, -0.2) is 12.8 Å². The number of hydrogen-bond donors (Lipinski definition) is 1. The van der Waals surface area contributed by atoms with Crippen molar-refractivity contribution in [3.05, 3.63) is 24.3 Å². The number of rotatable bonds is 5. The molecular weight excluding hydrogens is 359 g/mol. The Kier molecular flexibility index (Phi) is 5.53. The molecule has 144 valence electrons. The number of sulfone groups is 1. The highest BCUT2D eigenvalue weighted by Gasteiger charge is 2.36. The predicted octanol–water partition coefficient (Wildman–Crippen LogP) is 1.55. The molecule has 0 radical (unpaired) electrons. The SMILES string of the molecule is CS(=O)(=O)c1ccc(N2CCC(F)(CNC(=O)C3CCOC3)CC2)cc1. The van der Waals surface area contributed by atoms with E-state index in [1.54, 1.807) is 24.3 Å². The molecule has 1 aromatic rings. The Bertz CT molecular complexity index is 737. The maximum atomic E-state index is 15.0. The van der Waals surface area contributed by atoms with Gasteiger partial charge in [-0.15, -0.1) is 0 Å². The third-order valence-corrected chi connectivity index (χ3v) is 6.30. The van der Waals surface area contributed by atoms with Gasteiger partial charge < -0.3 is 15.0 Å². The van der Waals surface area contributed by atoms with Crippen LogP contribution in [0.2, 0.25) is 0 Å². The second-order valence-electron chi connectivity index (χ2n) is 7.18. The Morgan fingerprint density at radius 2 is 1.96 bits per heavy atom. The van der Waals surface area contributed by atoms with Gasteiger partial charge in [0, 0.05) is 44.5 Å². The first-order valence-electron chi connectivity index (χ1n) is 8.86. The van der Waals surface area contributed by atoms with E-state index in [1.165, 1.54) is 6.26 Å². The van der Waals surface area contributed by atoms with E-state index in [4.69, 9.17) is 4.74 Å². The van der Waals surface area contributed by atoms with E-state index < -0.39 is 15.5 Å². The summed E-state index contributed by atoms with van der Waals surface area (Å²) in [5, 5.41) is 2.73. The number of amides is 1. The van der Waals surface area contributed by atoms with Crippen molar-refractivity contribution < 1.29 is 22.3 Å². The van der Waals surface area contributed by atoms with Crippen LogP contribution < -0.4 is 10.2 Å². The highest BCUT2D eigenvalue weighted by molar-refractivity contribution is 7.90. The summed E-state index contributed by atoms with van der Waals surface area (Å²) in [5.74, 6) is -0.287. The fourth-order valence-corrected chi connectivity index (χ4v) is 4.01.